The van der Waals surface area contributed by atoms with Crippen molar-refractivity contribution in [2.24, 2.45) is 0 Å². The number of fused-ring (bicyclic) bond motifs is 2. The number of benzene rings is 1. The lowest BCUT2D eigenvalue weighted by Crippen LogP contribution is -2.33. The Labute approximate surface area is 98.8 Å². The van der Waals surface area contributed by atoms with Crippen molar-refractivity contribution in [3.05, 3.63) is 23.4 Å². The molecule has 5 nitrogen and oxygen atoms in total. The molecule has 1 aromatic heterocycles. The quantitative estimate of drug-likeness (QED) is 0.787. The zero-order valence-electron chi connectivity index (χ0n) is 9.87. The Kier molecular flexibility index (Phi) is 2.07. The molecular formula is C12H14N4O. The van der Waals surface area contributed by atoms with Crippen molar-refractivity contribution in [1.82, 2.24) is 15.1 Å². The Balaban J connectivity index is 2.26. The van der Waals surface area contributed by atoms with Crippen LogP contribution in [0, 0.1) is 6.92 Å². The minimum absolute atomic E-state index is 0.142. The summed E-state index contributed by atoms with van der Waals surface area (Å²) in [6.07, 6.45) is 0. The number of urea groups is 1. The summed E-state index contributed by atoms with van der Waals surface area (Å²) >= 11 is 0. The number of anilines is 1. The Morgan fingerprint density at radius 1 is 1.47 bits per heavy atom. The summed E-state index contributed by atoms with van der Waals surface area (Å²) in [4.78, 5) is 11.3. The smallest absolute Gasteiger partial charge is 0.319 e. The van der Waals surface area contributed by atoms with Crippen LogP contribution in [0.1, 0.15) is 18.2 Å². The average molecular weight is 230 g/mol. The van der Waals surface area contributed by atoms with Gasteiger partial charge in [-0.15, -0.1) is 0 Å². The second-order valence-electron chi connectivity index (χ2n) is 4.24. The van der Waals surface area contributed by atoms with Crippen molar-refractivity contribution < 1.29 is 4.79 Å². The Hall–Kier alpha value is -2.04. The summed E-state index contributed by atoms with van der Waals surface area (Å²) in [5, 5.41) is 11.2. The summed E-state index contributed by atoms with van der Waals surface area (Å²) in [5.41, 5.74) is 4.10. The number of hydrogen-bond acceptors (Lipinski definition) is 2. The number of carbonyl (C=O) groups excluding carboxylic acids is 1. The fraction of sp³-hybridized carbons (Fsp3) is 0.333. The highest BCUT2D eigenvalue weighted by molar-refractivity contribution is 5.96. The van der Waals surface area contributed by atoms with Gasteiger partial charge in [-0.1, -0.05) is 0 Å². The lowest BCUT2D eigenvalue weighted by Gasteiger charge is -2.18. The molecule has 0 saturated carbocycles. The van der Waals surface area contributed by atoms with Crippen LogP contribution in [0.15, 0.2) is 12.1 Å². The molecular weight excluding hydrogens is 216 g/mol. The van der Waals surface area contributed by atoms with Crippen LogP contribution in [0.2, 0.25) is 0 Å². The van der Waals surface area contributed by atoms with E-state index < -0.39 is 0 Å². The van der Waals surface area contributed by atoms with Gasteiger partial charge in [0.25, 0.3) is 0 Å². The molecule has 0 radical (unpaired) electrons. The summed E-state index contributed by atoms with van der Waals surface area (Å²) in [5.74, 6) is 0. The molecule has 88 valence electrons. The van der Waals surface area contributed by atoms with Gasteiger partial charge in [0.2, 0.25) is 0 Å². The Morgan fingerprint density at radius 2 is 2.29 bits per heavy atom. The first kappa shape index (κ1) is 10.1. The van der Waals surface area contributed by atoms with Crippen LogP contribution in [-0.2, 0) is 13.1 Å². The van der Waals surface area contributed by atoms with Crippen molar-refractivity contribution in [3.63, 3.8) is 0 Å². The van der Waals surface area contributed by atoms with Crippen LogP contribution < -0.4 is 10.6 Å². The van der Waals surface area contributed by atoms with Crippen LogP contribution >= 0.6 is 0 Å². The molecule has 1 aliphatic rings. The number of aryl methyl sites for hydroxylation is 2. The van der Waals surface area contributed by atoms with Gasteiger partial charge < -0.3 is 10.6 Å². The lowest BCUT2D eigenvalue weighted by molar-refractivity contribution is 0.251. The van der Waals surface area contributed by atoms with Crippen LogP contribution in [0.3, 0.4) is 0 Å². The summed E-state index contributed by atoms with van der Waals surface area (Å²) in [7, 11) is 0. The van der Waals surface area contributed by atoms with E-state index in [1.54, 1.807) is 0 Å². The summed E-state index contributed by atoms with van der Waals surface area (Å²) < 4.78 is 1.96. The van der Waals surface area contributed by atoms with E-state index in [0.717, 1.165) is 34.4 Å². The molecule has 1 aliphatic heterocycles. The van der Waals surface area contributed by atoms with E-state index in [4.69, 9.17) is 0 Å². The molecule has 0 unspecified atom stereocenters. The summed E-state index contributed by atoms with van der Waals surface area (Å²) in [6, 6.07) is 3.97. The predicted molar refractivity (Wildman–Crippen MR) is 66.0 cm³/mol. The first-order chi connectivity index (χ1) is 8.19. The van der Waals surface area contributed by atoms with Crippen molar-refractivity contribution >= 4 is 22.6 Å². The number of aromatic nitrogens is 2. The van der Waals surface area contributed by atoms with Crippen molar-refractivity contribution in [2.45, 2.75) is 26.9 Å². The number of hydrogen-bond donors (Lipinski definition) is 2. The van der Waals surface area contributed by atoms with Gasteiger partial charge in [0.05, 0.1) is 11.2 Å². The van der Waals surface area contributed by atoms with Gasteiger partial charge in [-0.05, 0) is 31.5 Å². The van der Waals surface area contributed by atoms with Gasteiger partial charge in [-0.2, -0.15) is 5.10 Å². The fourth-order valence-corrected chi connectivity index (χ4v) is 2.27. The molecule has 2 aromatic rings. The fourth-order valence-electron chi connectivity index (χ4n) is 2.27. The van der Waals surface area contributed by atoms with Gasteiger partial charge >= 0.3 is 6.03 Å². The van der Waals surface area contributed by atoms with Gasteiger partial charge in [0.1, 0.15) is 0 Å². The molecule has 0 fully saturated rings. The highest BCUT2D eigenvalue weighted by Crippen LogP contribution is 2.27. The van der Waals surface area contributed by atoms with Gasteiger partial charge in [0.15, 0.2) is 0 Å². The number of carbonyl (C=O) groups is 1. The number of nitrogens with zero attached hydrogens (tertiary/aromatic N) is 2. The molecule has 5 heteroatoms. The van der Waals surface area contributed by atoms with Crippen molar-refractivity contribution in [2.75, 3.05) is 5.32 Å². The van der Waals surface area contributed by atoms with E-state index in [-0.39, 0.29) is 6.03 Å². The van der Waals surface area contributed by atoms with Crippen LogP contribution in [0.4, 0.5) is 10.5 Å². The molecule has 1 aromatic carbocycles. The maximum absolute atomic E-state index is 11.3. The van der Waals surface area contributed by atoms with Crippen molar-refractivity contribution in [3.8, 4) is 0 Å². The second kappa shape index (κ2) is 3.48. The van der Waals surface area contributed by atoms with E-state index in [1.165, 1.54) is 0 Å². The molecule has 17 heavy (non-hydrogen) atoms. The van der Waals surface area contributed by atoms with E-state index >= 15 is 0 Å². The first-order valence-electron chi connectivity index (χ1n) is 5.74. The minimum atomic E-state index is -0.142. The zero-order valence-corrected chi connectivity index (χ0v) is 9.87. The molecule has 0 aliphatic carbocycles. The molecule has 0 saturated heterocycles. The zero-order chi connectivity index (χ0) is 12.0. The third-order valence-electron chi connectivity index (χ3n) is 3.15. The number of nitrogens with one attached hydrogen (secondary N) is 2. The molecule has 3 rings (SSSR count). The van der Waals surface area contributed by atoms with Crippen LogP contribution in [-0.4, -0.2) is 15.8 Å². The molecule has 0 spiro atoms. The van der Waals surface area contributed by atoms with Gasteiger partial charge in [-0.3, -0.25) is 4.68 Å². The highest BCUT2D eigenvalue weighted by Gasteiger charge is 2.17. The third kappa shape index (κ3) is 1.46. The third-order valence-corrected chi connectivity index (χ3v) is 3.15. The maximum Gasteiger partial charge on any atom is 0.319 e. The van der Waals surface area contributed by atoms with E-state index in [0.29, 0.717) is 6.54 Å². The van der Waals surface area contributed by atoms with E-state index in [9.17, 15) is 4.79 Å². The normalized spacial score (nSPS) is 14.4. The SMILES string of the molecule is CCn1nc(C)c2cc3c(cc21)NC(=O)NC3. The standard InChI is InChI=1S/C12H14N4O/c1-3-16-11-5-10-8(6-13-12(17)14-10)4-9(11)7(2)15-16/h4-5H,3,6H2,1-2H3,(H2,13,14,17). The predicted octanol–water partition coefficient (Wildman–Crippen LogP) is 2.00. The summed E-state index contributed by atoms with van der Waals surface area (Å²) in [6.45, 7) is 5.48. The number of amides is 2. The van der Waals surface area contributed by atoms with E-state index in [1.807, 2.05) is 17.7 Å². The maximum atomic E-state index is 11.3. The van der Waals surface area contributed by atoms with Gasteiger partial charge in [0, 0.05) is 24.2 Å². The average Bonchev–Trinajstić information content (AvgIpc) is 2.63. The largest absolute Gasteiger partial charge is 0.334 e. The van der Waals surface area contributed by atoms with Crippen LogP contribution in [0.25, 0.3) is 10.9 Å². The Morgan fingerprint density at radius 3 is 3.06 bits per heavy atom. The van der Waals surface area contributed by atoms with E-state index in [2.05, 4.69) is 28.7 Å². The Bertz CT molecular complexity index is 614. The lowest BCUT2D eigenvalue weighted by atomic mass is 10.1. The topological polar surface area (TPSA) is 59.0 Å². The second-order valence-corrected chi connectivity index (χ2v) is 4.24. The molecule has 2 amide bonds. The monoisotopic (exact) mass is 230 g/mol. The first-order valence-corrected chi connectivity index (χ1v) is 5.74. The molecule has 0 bridgehead atoms. The molecule has 0 atom stereocenters. The van der Waals surface area contributed by atoms with Crippen LogP contribution in [0.5, 0.6) is 0 Å². The minimum Gasteiger partial charge on any atom is -0.334 e. The number of rotatable bonds is 1. The van der Waals surface area contributed by atoms with Gasteiger partial charge in [-0.25, -0.2) is 4.79 Å². The highest BCUT2D eigenvalue weighted by atomic mass is 16.2. The molecule has 2 N–H and O–H groups in total. The van der Waals surface area contributed by atoms with Crippen molar-refractivity contribution in [1.29, 1.82) is 0 Å². The molecule has 2 heterocycles.